The summed E-state index contributed by atoms with van der Waals surface area (Å²) in [6.07, 6.45) is 1.51. The Bertz CT molecular complexity index is 549. The van der Waals surface area contributed by atoms with Gasteiger partial charge in [0.05, 0.1) is 25.6 Å². The second-order valence-corrected chi connectivity index (χ2v) is 4.60. The lowest BCUT2D eigenvalue weighted by Crippen LogP contribution is -2.24. The number of aromatic nitrogens is 4. The predicted octanol–water partition coefficient (Wildman–Crippen LogP) is 0.381. The second-order valence-electron chi connectivity index (χ2n) is 3.56. The molecule has 9 heteroatoms. The molecule has 0 saturated carbocycles. The molecule has 3 N–H and O–H groups in total. The van der Waals surface area contributed by atoms with E-state index in [1.54, 1.807) is 4.57 Å². The zero-order valence-electron chi connectivity index (χ0n) is 9.45. The van der Waals surface area contributed by atoms with E-state index in [0.717, 1.165) is 0 Å². The first-order chi connectivity index (χ1) is 8.67. The van der Waals surface area contributed by atoms with E-state index in [2.05, 4.69) is 40.1 Å². The molecule has 0 aliphatic rings. The zero-order valence-corrected chi connectivity index (χ0v) is 12.2. The molecule has 0 radical (unpaired) electrons. The summed E-state index contributed by atoms with van der Waals surface area (Å²) >= 11 is 3.34. The molecule has 0 spiro atoms. The van der Waals surface area contributed by atoms with Gasteiger partial charge in [0.15, 0.2) is 21.7 Å². The molecule has 0 amide bonds. The number of halogens is 1. The minimum atomic E-state index is -0.326. The number of aliphatic hydroxyl groups excluding tert-OH is 1. The fraction of sp³-hybridized carbons (Fsp3) is 0.444. The molecule has 2 aromatic rings. The third-order valence-corrected chi connectivity index (χ3v) is 3.23. The fourth-order valence-corrected chi connectivity index (χ4v) is 2.35. The van der Waals surface area contributed by atoms with Gasteiger partial charge in [-0.05, 0) is 15.9 Å². The van der Waals surface area contributed by atoms with Gasteiger partial charge < -0.3 is 20.1 Å². The van der Waals surface area contributed by atoms with Gasteiger partial charge in [-0.15, -0.1) is 9.24 Å². The van der Waals surface area contributed by atoms with Gasteiger partial charge in [0.2, 0.25) is 0 Å². The molecule has 0 aliphatic carbocycles. The molecule has 98 valence electrons. The Kier molecular flexibility index (Phi) is 4.45. The Morgan fingerprint density at radius 2 is 2.33 bits per heavy atom. The number of aliphatic hydroxyl groups is 1. The zero-order chi connectivity index (χ0) is 13.1. The maximum absolute atomic E-state index is 9.23. The second kappa shape index (κ2) is 5.88. The van der Waals surface area contributed by atoms with Crippen LogP contribution in [0.1, 0.15) is 0 Å². The topological polar surface area (TPSA) is 99.1 Å². The van der Waals surface area contributed by atoms with Gasteiger partial charge in [0.1, 0.15) is 6.33 Å². The first-order valence-electron chi connectivity index (χ1n) is 5.22. The van der Waals surface area contributed by atoms with Crippen molar-refractivity contribution in [2.75, 3.05) is 18.7 Å². The number of imidazole rings is 1. The molecule has 0 bridgehead atoms. The molecule has 2 heterocycles. The third-order valence-electron chi connectivity index (χ3n) is 2.44. The smallest absolute Gasteiger partial charge is 0.179 e. The lowest BCUT2D eigenvalue weighted by molar-refractivity contribution is 0.0286. The van der Waals surface area contributed by atoms with Gasteiger partial charge >= 0.3 is 0 Å². The van der Waals surface area contributed by atoms with Crippen molar-refractivity contribution in [3.63, 3.8) is 0 Å². The predicted molar refractivity (Wildman–Crippen MR) is 74.0 cm³/mol. The Hall–Kier alpha value is -0.820. The van der Waals surface area contributed by atoms with Crippen molar-refractivity contribution in [2.45, 2.75) is 12.6 Å². The molecular weight excluding hydrogens is 321 g/mol. The first-order valence-corrected chi connectivity index (χ1v) is 6.83. The number of rotatable bonds is 5. The van der Waals surface area contributed by atoms with Gasteiger partial charge in [-0.25, -0.2) is 15.0 Å². The summed E-state index contributed by atoms with van der Waals surface area (Å²) in [5.74, 6) is 0.326. The highest BCUT2D eigenvalue weighted by Crippen LogP contribution is 2.22. The number of nitrogens with zero attached hydrogens (tertiary/aromatic N) is 4. The van der Waals surface area contributed by atoms with Crippen LogP contribution in [0.5, 0.6) is 0 Å². The maximum atomic E-state index is 9.23. The molecule has 18 heavy (non-hydrogen) atoms. The van der Waals surface area contributed by atoms with Crippen LogP contribution in [0, 0.1) is 0 Å². The van der Waals surface area contributed by atoms with Crippen LogP contribution in [0.25, 0.3) is 11.2 Å². The fourth-order valence-electron chi connectivity index (χ4n) is 1.59. The van der Waals surface area contributed by atoms with Crippen LogP contribution in [-0.2, 0) is 11.3 Å². The molecule has 0 aromatic carbocycles. The summed E-state index contributed by atoms with van der Waals surface area (Å²) in [4.78, 5) is 12.3. The lowest BCUT2D eigenvalue weighted by Gasteiger charge is -2.15. The summed E-state index contributed by atoms with van der Waals surface area (Å²) in [6, 6.07) is 0. The molecule has 0 fully saturated rings. The van der Waals surface area contributed by atoms with Crippen molar-refractivity contribution in [3.05, 3.63) is 11.1 Å². The number of hydrogen-bond donors (Lipinski definition) is 2. The van der Waals surface area contributed by atoms with E-state index in [9.17, 15) is 5.11 Å². The molecule has 2 unspecified atom stereocenters. The molecule has 2 aromatic heterocycles. The summed E-state index contributed by atoms with van der Waals surface area (Å²) in [6.45, 7) is 0.347. The van der Waals surface area contributed by atoms with Crippen LogP contribution in [0.15, 0.2) is 11.1 Å². The summed E-state index contributed by atoms with van der Waals surface area (Å²) in [7, 11) is 2.45. The summed E-state index contributed by atoms with van der Waals surface area (Å²) in [5.41, 5.74) is 6.87. The van der Waals surface area contributed by atoms with Gasteiger partial charge in [-0.2, -0.15) is 0 Å². The van der Waals surface area contributed by atoms with Crippen LogP contribution in [0.2, 0.25) is 0 Å². The van der Waals surface area contributed by atoms with Gasteiger partial charge in [-0.3, -0.25) is 0 Å². The minimum absolute atomic E-state index is 0.0823. The number of ether oxygens (including phenoxy) is 1. The van der Waals surface area contributed by atoms with Crippen molar-refractivity contribution in [2.24, 2.45) is 0 Å². The number of fused-ring (bicyclic) bond motifs is 1. The maximum Gasteiger partial charge on any atom is 0.179 e. The molecule has 0 saturated heterocycles. The van der Waals surface area contributed by atoms with Gasteiger partial charge in [0, 0.05) is 0 Å². The van der Waals surface area contributed by atoms with Crippen LogP contribution >= 0.6 is 25.2 Å². The largest absolute Gasteiger partial charge is 0.394 e. The van der Waals surface area contributed by atoms with E-state index in [0.29, 0.717) is 34.6 Å². The highest BCUT2D eigenvalue weighted by atomic mass is 79.9. The number of anilines is 1. The number of nitrogen functional groups attached to an aromatic ring is 1. The van der Waals surface area contributed by atoms with Crippen molar-refractivity contribution in [3.8, 4) is 0 Å². The summed E-state index contributed by atoms with van der Waals surface area (Å²) in [5, 5.41) is 9.23. The van der Waals surface area contributed by atoms with Crippen LogP contribution < -0.4 is 5.73 Å². The number of nitrogens with two attached hydrogens (primary N) is 1. The SMILES string of the molecule is Nc1ncnc2c1nc(Br)n2CC(CO)OCP. The Labute approximate surface area is 114 Å². The normalized spacial score (nSPS) is 13.1. The molecule has 7 nitrogen and oxygen atoms in total. The van der Waals surface area contributed by atoms with Crippen LogP contribution in [0.4, 0.5) is 5.82 Å². The number of hydrogen-bond acceptors (Lipinski definition) is 6. The van der Waals surface area contributed by atoms with Crippen molar-refractivity contribution >= 4 is 42.2 Å². The highest BCUT2D eigenvalue weighted by molar-refractivity contribution is 9.10. The van der Waals surface area contributed by atoms with E-state index in [-0.39, 0.29) is 12.7 Å². The Morgan fingerprint density at radius 3 is 3.00 bits per heavy atom. The molecule has 0 aliphatic heterocycles. The third kappa shape index (κ3) is 2.61. The monoisotopic (exact) mass is 333 g/mol. The average molecular weight is 334 g/mol. The quantitative estimate of drug-likeness (QED) is 0.606. The lowest BCUT2D eigenvalue weighted by atomic mass is 10.3. The van der Waals surface area contributed by atoms with E-state index in [1.807, 2.05) is 0 Å². The Morgan fingerprint density at radius 1 is 1.56 bits per heavy atom. The van der Waals surface area contributed by atoms with Gasteiger partial charge in [-0.1, -0.05) is 0 Å². The van der Waals surface area contributed by atoms with Crippen LogP contribution in [0.3, 0.4) is 0 Å². The first kappa shape index (κ1) is 13.6. The van der Waals surface area contributed by atoms with Crippen molar-refractivity contribution < 1.29 is 9.84 Å². The van der Waals surface area contributed by atoms with Gasteiger partial charge in [0.25, 0.3) is 0 Å². The van der Waals surface area contributed by atoms with Crippen molar-refractivity contribution in [1.29, 1.82) is 0 Å². The molecule has 2 atom stereocenters. The van der Waals surface area contributed by atoms with E-state index < -0.39 is 0 Å². The minimum Gasteiger partial charge on any atom is -0.394 e. The molecule has 2 rings (SSSR count). The van der Waals surface area contributed by atoms with Crippen LogP contribution in [-0.4, -0.2) is 43.7 Å². The molecular formula is C9H13BrN5O2P. The van der Waals surface area contributed by atoms with E-state index in [1.165, 1.54) is 6.33 Å². The Balaban J connectivity index is 2.38. The van der Waals surface area contributed by atoms with E-state index >= 15 is 0 Å². The summed E-state index contributed by atoms with van der Waals surface area (Å²) < 4.78 is 7.73. The van der Waals surface area contributed by atoms with Crippen molar-refractivity contribution in [1.82, 2.24) is 19.5 Å². The van der Waals surface area contributed by atoms with E-state index in [4.69, 9.17) is 10.5 Å². The average Bonchev–Trinajstić information content (AvgIpc) is 2.67. The standard InChI is InChI=1S/C9H13BrN5O2P/c10-9-14-6-7(11)12-3-13-8(6)15(9)1-5(2-16)17-4-18/h3,5,16H,1-2,4,18H2,(H2,11,12,13). The highest BCUT2D eigenvalue weighted by Gasteiger charge is 2.16.